The second-order valence-corrected chi connectivity index (χ2v) is 5.40. The van der Waals surface area contributed by atoms with Crippen molar-refractivity contribution in [3.8, 4) is 5.75 Å². The largest absolute Gasteiger partial charge is 0.484 e. The summed E-state index contributed by atoms with van der Waals surface area (Å²) in [6.07, 6.45) is 1.98. The van der Waals surface area contributed by atoms with Crippen molar-refractivity contribution in [3.63, 3.8) is 0 Å². The Balaban J connectivity index is 1.62. The highest BCUT2D eigenvalue weighted by molar-refractivity contribution is 5.78. The third-order valence-electron chi connectivity index (χ3n) is 3.93. The molecule has 2 aromatic carbocycles. The molecular weight excluding hydrogens is 281 g/mol. The Hall–Kier alpha value is -2.36. The summed E-state index contributed by atoms with van der Waals surface area (Å²) in [5.74, 6) is 0.156. The fourth-order valence-electron chi connectivity index (χ4n) is 2.85. The first-order valence-corrected chi connectivity index (χ1v) is 7.47. The van der Waals surface area contributed by atoms with Crippen LogP contribution in [0.1, 0.15) is 24.4 Å². The first-order valence-electron chi connectivity index (χ1n) is 7.47. The summed E-state index contributed by atoms with van der Waals surface area (Å²) in [7, 11) is 0. The van der Waals surface area contributed by atoms with Crippen molar-refractivity contribution in [1.29, 1.82) is 0 Å². The summed E-state index contributed by atoms with van der Waals surface area (Å²) in [5.41, 5.74) is 1.16. The van der Waals surface area contributed by atoms with Crippen LogP contribution in [0.2, 0.25) is 0 Å². The molecule has 1 aliphatic heterocycles. The normalized spacial score (nSPS) is 17.5. The summed E-state index contributed by atoms with van der Waals surface area (Å²) in [6, 6.07) is 15.9. The minimum atomic E-state index is -0.317. The van der Waals surface area contributed by atoms with E-state index in [1.54, 1.807) is 0 Å². The number of rotatable bonds is 4. The lowest BCUT2D eigenvalue weighted by Crippen LogP contribution is -2.34. The van der Waals surface area contributed by atoms with Crippen molar-refractivity contribution in [2.45, 2.75) is 18.9 Å². The van der Waals surface area contributed by atoms with Crippen LogP contribution >= 0.6 is 0 Å². The molecular formula is C18H18FNO2. The van der Waals surface area contributed by atoms with E-state index in [-0.39, 0.29) is 24.4 Å². The van der Waals surface area contributed by atoms with Gasteiger partial charge in [-0.1, -0.05) is 30.3 Å². The van der Waals surface area contributed by atoms with Crippen LogP contribution in [0.25, 0.3) is 0 Å². The Bertz CT molecular complexity index is 627. The first kappa shape index (κ1) is 14.6. The highest BCUT2D eigenvalue weighted by Crippen LogP contribution is 2.31. The van der Waals surface area contributed by atoms with Crippen molar-refractivity contribution in [1.82, 2.24) is 4.90 Å². The molecule has 0 saturated carbocycles. The molecule has 1 aliphatic rings. The lowest BCUT2D eigenvalue weighted by molar-refractivity contribution is -0.134. The molecule has 2 aromatic rings. The van der Waals surface area contributed by atoms with Crippen molar-refractivity contribution in [3.05, 3.63) is 66.0 Å². The summed E-state index contributed by atoms with van der Waals surface area (Å²) in [4.78, 5) is 14.3. The van der Waals surface area contributed by atoms with E-state index >= 15 is 0 Å². The van der Waals surface area contributed by atoms with Gasteiger partial charge in [-0.25, -0.2) is 4.39 Å². The highest BCUT2D eigenvalue weighted by Gasteiger charge is 2.29. The van der Waals surface area contributed by atoms with E-state index < -0.39 is 0 Å². The van der Waals surface area contributed by atoms with Crippen molar-refractivity contribution >= 4 is 5.91 Å². The summed E-state index contributed by atoms with van der Waals surface area (Å²) in [6.45, 7) is 0.736. The van der Waals surface area contributed by atoms with Gasteiger partial charge in [0.05, 0.1) is 6.04 Å². The Labute approximate surface area is 129 Å². The minimum Gasteiger partial charge on any atom is -0.484 e. The van der Waals surface area contributed by atoms with E-state index in [2.05, 4.69) is 12.1 Å². The van der Waals surface area contributed by atoms with Gasteiger partial charge in [-0.15, -0.1) is 0 Å². The van der Waals surface area contributed by atoms with E-state index in [4.69, 9.17) is 4.74 Å². The van der Waals surface area contributed by atoms with Crippen LogP contribution in [-0.2, 0) is 4.79 Å². The zero-order valence-electron chi connectivity index (χ0n) is 12.2. The molecule has 0 N–H and O–H groups in total. The van der Waals surface area contributed by atoms with E-state index in [0.29, 0.717) is 5.75 Å². The SMILES string of the molecule is O=C(COc1ccc(F)cc1)N1CCCC1c1ccccc1. The van der Waals surface area contributed by atoms with Gasteiger partial charge in [-0.2, -0.15) is 0 Å². The van der Waals surface area contributed by atoms with E-state index in [0.717, 1.165) is 24.9 Å². The van der Waals surface area contributed by atoms with Gasteiger partial charge >= 0.3 is 0 Å². The number of benzene rings is 2. The molecule has 4 heteroatoms. The van der Waals surface area contributed by atoms with Crippen LogP contribution in [0.4, 0.5) is 4.39 Å². The monoisotopic (exact) mass is 299 g/mol. The summed E-state index contributed by atoms with van der Waals surface area (Å²) in [5, 5.41) is 0. The molecule has 0 radical (unpaired) electrons. The zero-order chi connectivity index (χ0) is 15.4. The third kappa shape index (κ3) is 3.27. The highest BCUT2D eigenvalue weighted by atomic mass is 19.1. The molecule has 0 spiro atoms. The number of hydrogen-bond acceptors (Lipinski definition) is 2. The number of amides is 1. The van der Waals surface area contributed by atoms with Gasteiger partial charge in [0, 0.05) is 6.54 Å². The van der Waals surface area contributed by atoms with Crippen molar-refractivity contribution < 1.29 is 13.9 Å². The number of hydrogen-bond donors (Lipinski definition) is 0. The number of carbonyl (C=O) groups excluding carboxylic acids is 1. The molecule has 0 bridgehead atoms. The number of carbonyl (C=O) groups is 1. The first-order chi connectivity index (χ1) is 10.7. The van der Waals surface area contributed by atoms with Gasteiger partial charge in [-0.3, -0.25) is 4.79 Å². The van der Waals surface area contributed by atoms with E-state index in [1.807, 2.05) is 23.1 Å². The van der Waals surface area contributed by atoms with Crippen LogP contribution in [0.15, 0.2) is 54.6 Å². The molecule has 1 saturated heterocycles. The second kappa shape index (κ2) is 6.60. The zero-order valence-corrected chi connectivity index (χ0v) is 12.2. The standard InChI is InChI=1S/C18H18FNO2/c19-15-8-10-16(11-9-15)22-13-18(21)20-12-4-7-17(20)14-5-2-1-3-6-14/h1-3,5-6,8-11,17H,4,7,12-13H2. The molecule has 1 unspecified atom stereocenters. The topological polar surface area (TPSA) is 29.5 Å². The predicted octanol–water partition coefficient (Wildman–Crippen LogP) is 3.57. The fourth-order valence-corrected chi connectivity index (χ4v) is 2.85. The van der Waals surface area contributed by atoms with E-state index in [1.165, 1.54) is 24.3 Å². The van der Waals surface area contributed by atoms with Gasteiger partial charge in [0.2, 0.25) is 0 Å². The van der Waals surface area contributed by atoms with Crippen LogP contribution in [0.5, 0.6) is 5.75 Å². The lowest BCUT2D eigenvalue weighted by atomic mass is 10.0. The smallest absolute Gasteiger partial charge is 0.261 e. The number of nitrogens with zero attached hydrogens (tertiary/aromatic N) is 1. The molecule has 22 heavy (non-hydrogen) atoms. The van der Waals surface area contributed by atoms with E-state index in [9.17, 15) is 9.18 Å². The van der Waals surface area contributed by atoms with Crippen LogP contribution in [0.3, 0.4) is 0 Å². The minimum absolute atomic E-state index is 0.0189. The molecule has 0 aromatic heterocycles. The Morgan fingerprint density at radius 3 is 2.59 bits per heavy atom. The molecule has 1 amide bonds. The molecule has 1 atom stereocenters. The molecule has 0 aliphatic carbocycles. The molecule has 3 rings (SSSR count). The third-order valence-corrected chi connectivity index (χ3v) is 3.93. The quantitative estimate of drug-likeness (QED) is 0.864. The van der Waals surface area contributed by atoms with Gasteiger partial charge in [0.25, 0.3) is 5.91 Å². The maximum Gasteiger partial charge on any atom is 0.261 e. The van der Waals surface area contributed by atoms with Gasteiger partial charge < -0.3 is 9.64 Å². The molecule has 1 heterocycles. The average Bonchev–Trinajstić information content (AvgIpc) is 3.04. The number of halogens is 1. The summed E-state index contributed by atoms with van der Waals surface area (Å²) >= 11 is 0. The van der Waals surface area contributed by atoms with Gasteiger partial charge in [-0.05, 0) is 42.7 Å². The Kier molecular flexibility index (Phi) is 4.37. The van der Waals surface area contributed by atoms with Crippen LogP contribution in [0, 0.1) is 5.82 Å². The predicted molar refractivity (Wildman–Crippen MR) is 82.0 cm³/mol. The maximum atomic E-state index is 12.8. The average molecular weight is 299 g/mol. The maximum absolute atomic E-state index is 12.8. The van der Waals surface area contributed by atoms with Crippen molar-refractivity contribution in [2.24, 2.45) is 0 Å². The Morgan fingerprint density at radius 1 is 1.14 bits per heavy atom. The second-order valence-electron chi connectivity index (χ2n) is 5.40. The molecule has 114 valence electrons. The molecule has 3 nitrogen and oxygen atoms in total. The van der Waals surface area contributed by atoms with Gasteiger partial charge in [0.1, 0.15) is 11.6 Å². The molecule has 1 fully saturated rings. The van der Waals surface area contributed by atoms with Crippen molar-refractivity contribution in [2.75, 3.05) is 13.2 Å². The van der Waals surface area contributed by atoms with Crippen LogP contribution < -0.4 is 4.74 Å². The van der Waals surface area contributed by atoms with Gasteiger partial charge in [0.15, 0.2) is 6.61 Å². The lowest BCUT2D eigenvalue weighted by Gasteiger charge is -2.25. The van der Waals surface area contributed by atoms with Crippen LogP contribution in [-0.4, -0.2) is 24.0 Å². The number of ether oxygens (including phenoxy) is 1. The number of likely N-dealkylation sites (tertiary alicyclic amines) is 1. The Morgan fingerprint density at radius 2 is 1.86 bits per heavy atom. The summed E-state index contributed by atoms with van der Waals surface area (Å²) < 4.78 is 18.3. The fraction of sp³-hybridized carbons (Fsp3) is 0.278.